The number of carbonyl (C=O) groups is 2. The van der Waals surface area contributed by atoms with Gasteiger partial charge in [0, 0.05) is 37.1 Å². The summed E-state index contributed by atoms with van der Waals surface area (Å²) >= 11 is 5.92. The number of carbonyl (C=O) groups excluding carboxylic acids is 2. The monoisotopic (exact) mass is 358 g/mol. The first-order valence-corrected chi connectivity index (χ1v) is 8.60. The maximum absolute atomic E-state index is 12.2. The summed E-state index contributed by atoms with van der Waals surface area (Å²) in [6.07, 6.45) is 0.244. The van der Waals surface area contributed by atoms with Crippen LogP contribution in [0, 0.1) is 13.8 Å². The number of rotatable bonds is 6. The van der Waals surface area contributed by atoms with Crippen molar-refractivity contribution < 1.29 is 9.59 Å². The summed E-state index contributed by atoms with van der Waals surface area (Å²) in [4.78, 5) is 25.8. The van der Waals surface area contributed by atoms with Crippen LogP contribution in [0.25, 0.3) is 0 Å². The molecule has 0 atom stereocenters. The van der Waals surface area contributed by atoms with Gasteiger partial charge in [0.15, 0.2) is 0 Å². The molecule has 0 fully saturated rings. The number of benzene rings is 2. The molecule has 2 aromatic rings. The van der Waals surface area contributed by atoms with Crippen LogP contribution in [-0.2, 0) is 16.1 Å². The second-order valence-electron chi connectivity index (χ2n) is 6.12. The Labute approximate surface area is 153 Å². The molecule has 5 heteroatoms. The van der Waals surface area contributed by atoms with Gasteiger partial charge in [-0.2, -0.15) is 0 Å². The average Bonchev–Trinajstić information content (AvgIpc) is 2.55. The number of hydrogen-bond donors (Lipinski definition) is 1. The van der Waals surface area contributed by atoms with E-state index in [9.17, 15) is 9.59 Å². The van der Waals surface area contributed by atoms with Crippen LogP contribution < -0.4 is 5.32 Å². The first kappa shape index (κ1) is 19.0. The Morgan fingerprint density at radius 3 is 2.44 bits per heavy atom. The minimum Gasteiger partial charge on any atom is -0.338 e. The fraction of sp³-hybridized carbons (Fsp3) is 0.300. The van der Waals surface area contributed by atoms with Crippen molar-refractivity contribution in [2.75, 3.05) is 11.9 Å². The topological polar surface area (TPSA) is 49.4 Å². The second kappa shape index (κ2) is 8.67. The van der Waals surface area contributed by atoms with Gasteiger partial charge in [-0.3, -0.25) is 9.59 Å². The summed E-state index contributed by atoms with van der Waals surface area (Å²) < 4.78 is 0. The van der Waals surface area contributed by atoms with Gasteiger partial charge in [-0.1, -0.05) is 35.9 Å². The van der Waals surface area contributed by atoms with E-state index in [0.29, 0.717) is 18.1 Å². The molecule has 0 aliphatic heterocycles. The smallest absolute Gasteiger partial charge is 0.226 e. The van der Waals surface area contributed by atoms with Crippen molar-refractivity contribution in [2.24, 2.45) is 0 Å². The van der Waals surface area contributed by atoms with Crippen LogP contribution in [0.1, 0.15) is 30.0 Å². The SMILES string of the molecule is CC(=O)N(CCC(=O)Nc1ccc(Cl)cc1C)Cc1ccccc1C. The van der Waals surface area contributed by atoms with E-state index in [1.54, 1.807) is 23.1 Å². The average molecular weight is 359 g/mol. The van der Waals surface area contributed by atoms with Crippen LogP contribution in [0.5, 0.6) is 0 Å². The zero-order valence-electron chi connectivity index (χ0n) is 14.8. The zero-order chi connectivity index (χ0) is 18.4. The van der Waals surface area contributed by atoms with Crippen molar-refractivity contribution in [3.05, 3.63) is 64.2 Å². The largest absolute Gasteiger partial charge is 0.338 e. The lowest BCUT2D eigenvalue weighted by Gasteiger charge is -2.22. The van der Waals surface area contributed by atoms with Gasteiger partial charge in [-0.15, -0.1) is 0 Å². The fourth-order valence-electron chi connectivity index (χ4n) is 2.56. The maximum Gasteiger partial charge on any atom is 0.226 e. The normalized spacial score (nSPS) is 10.4. The molecular weight excluding hydrogens is 336 g/mol. The van der Waals surface area contributed by atoms with Crippen LogP contribution in [0.3, 0.4) is 0 Å². The van der Waals surface area contributed by atoms with E-state index >= 15 is 0 Å². The van der Waals surface area contributed by atoms with Crippen LogP contribution in [0.2, 0.25) is 5.02 Å². The van der Waals surface area contributed by atoms with Gasteiger partial charge < -0.3 is 10.2 Å². The lowest BCUT2D eigenvalue weighted by atomic mass is 10.1. The fourth-order valence-corrected chi connectivity index (χ4v) is 2.78. The summed E-state index contributed by atoms with van der Waals surface area (Å²) in [5.41, 5.74) is 3.87. The van der Waals surface area contributed by atoms with Crippen molar-refractivity contribution in [2.45, 2.75) is 33.7 Å². The molecule has 0 heterocycles. The van der Waals surface area contributed by atoms with Gasteiger partial charge in [-0.05, 0) is 48.7 Å². The van der Waals surface area contributed by atoms with E-state index in [-0.39, 0.29) is 18.2 Å². The number of nitrogens with one attached hydrogen (secondary N) is 1. The van der Waals surface area contributed by atoms with Crippen molar-refractivity contribution in [3.63, 3.8) is 0 Å². The third-order valence-corrected chi connectivity index (χ3v) is 4.37. The third-order valence-electron chi connectivity index (χ3n) is 4.14. The lowest BCUT2D eigenvalue weighted by molar-refractivity contribution is -0.129. The summed E-state index contributed by atoms with van der Waals surface area (Å²) in [5, 5.41) is 3.51. The predicted molar refractivity (Wildman–Crippen MR) is 102 cm³/mol. The van der Waals surface area contributed by atoms with Crippen molar-refractivity contribution in [1.82, 2.24) is 4.90 Å². The molecule has 0 bridgehead atoms. The van der Waals surface area contributed by atoms with Crippen LogP contribution in [-0.4, -0.2) is 23.3 Å². The summed E-state index contributed by atoms with van der Waals surface area (Å²) in [6.45, 7) is 6.32. The summed E-state index contributed by atoms with van der Waals surface area (Å²) in [6, 6.07) is 13.3. The second-order valence-corrected chi connectivity index (χ2v) is 6.56. The minimum absolute atomic E-state index is 0.0428. The molecular formula is C20H23ClN2O2. The van der Waals surface area contributed by atoms with E-state index in [2.05, 4.69) is 5.32 Å². The van der Waals surface area contributed by atoms with Crippen molar-refractivity contribution >= 4 is 29.1 Å². The predicted octanol–water partition coefficient (Wildman–Crippen LogP) is 4.33. The molecule has 1 N–H and O–H groups in total. The molecule has 0 aliphatic carbocycles. The highest BCUT2D eigenvalue weighted by atomic mass is 35.5. The number of anilines is 1. The number of halogens is 1. The molecule has 0 unspecified atom stereocenters. The molecule has 132 valence electrons. The summed E-state index contributed by atoms with van der Waals surface area (Å²) in [5.74, 6) is -0.166. The maximum atomic E-state index is 12.2. The molecule has 0 saturated carbocycles. The van der Waals surface area contributed by atoms with Gasteiger partial charge in [-0.25, -0.2) is 0 Å². The minimum atomic E-state index is -0.124. The molecule has 0 spiro atoms. The van der Waals surface area contributed by atoms with E-state index in [1.165, 1.54) is 6.92 Å². The molecule has 4 nitrogen and oxygen atoms in total. The first-order valence-electron chi connectivity index (χ1n) is 8.23. The van der Waals surface area contributed by atoms with Crippen LogP contribution in [0.4, 0.5) is 5.69 Å². The number of aryl methyl sites for hydroxylation is 2. The molecule has 0 saturated heterocycles. The third kappa shape index (κ3) is 5.61. The lowest BCUT2D eigenvalue weighted by Crippen LogP contribution is -2.31. The summed E-state index contributed by atoms with van der Waals surface area (Å²) in [7, 11) is 0. The van der Waals surface area contributed by atoms with Crippen molar-refractivity contribution in [1.29, 1.82) is 0 Å². The van der Waals surface area contributed by atoms with Gasteiger partial charge in [0.25, 0.3) is 0 Å². The first-order chi connectivity index (χ1) is 11.9. The van der Waals surface area contributed by atoms with Crippen molar-refractivity contribution in [3.8, 4) is 0 Å². The Morgan fingerprint density at radius 2 is 1.80 bits per heavy atom. The zero-order valence-corrected chi connectivity index (χ0v) is 15.6. The molecule has 2 amide bonds. The Hall–Kier alpha value is -2.33. The molecule has 25 heavy (non-hydrogen) atoms. The standard InChI is InChI=1S/C20H23ClN2O2/c1-14-6-4-5-7-17(14)13-23(16(3)24)11-10-20(25)22-19-9-8-18(21)12-15(19)2/h4-9,12H,10-11,13H2,1-3H3,(H,22,25). The van der Waals surface area contributed by atoms with Gasteiger partial charge in [0.1, 0.15) is 0 Å². The van der Waals surface area contributed by atoms with E-state index in [0.717, 1.165) is 22.4 Å². The highest BCUT2D eigenvalue weighted by Crippen LogP contribution is 2.19. The highest BCUT2D eigenvalue weighted by Gasteiger charge is 2.13. The van der Waals surface area contributed by atoms with Gasteiger partial charge in [0.05, 0.1) is 0 Å². The quantitative estimate of drug-likeness (QED) is 0.835. The number of hydrogen-bond acceptors (Lipinski definition) is 2. The Kier molecular flexibility index (Phi) is 6.59. The van der Waals surface area contributed by atoms with Crippen LogP contribution in [0.15, 0.2) is 42.5 Å². The number of nitrogens with zero attached hydrogens (tertiary/aromatic N) is 1. The Balaban J connectivity index is 1.95. The highest BCUT2D eigenvalue weighted by molar-refractivity contribution is 6.30. The molecule has 0 aliphatic rings. The molecule has 2 rings (SSSR count). The van der Waals surface area contributed by atoms with E-state index < -0.39 is 0 Å². The molecule has 2 aromatic carbocycles. The van der Waals surface area contributed by atoms with E-state index in [4.69, 9.17) is 11.6 Å². The van der Waals surface area contributed by atoms with E-state index in [1.807, 2.05) is 38.1 Å². The Bertz CT molecular complexity index is 774. The van der Waals surface area contributed by atoms with Crippen LogP contribution >= 0.6 is 11.6 Å². The number of amides is 2. The van der Waals surface area contributed by atoms with Gasteiger partial charge >= 0.3 is 0 Å². The Morgan fingerprint density at radius 1 is 1.08 bits per heavy atom. The van der Waals surface area contributed by atoms with Gasteiger partial charge in [0.2, 0.25) is 11.8 Å². The molecule has 0 aromatic heterocycles. The molecule has 0 radical (unpaired) electrons.